The number of halogens is 1. The van der Waals surface area contributed by atoms with Gasteiger partial charge in [0.15, 0.2) is 0 Å². The summed E-state index contributed by atoms with van der Waals surface area (Å²) in [6, 6.07) is 11.4. The van der Waals surface area contributed by atoms with Crippen LogP contribution in [0.5, 0.6) is 0 Å². The lowest BCUT2D eigenvalue weighted by Gasteiger charge is -2.31. The van der Waals surface area contributed by atoms with Crippen molar-refractivity contribution in [3.05, 3.63) is 63.7 Å². The number of hydrogen-bond donors (Lipinski definition) is 1. The number of aryl methyl sites for hydroxylation is 3. The number of sulfonamides is 1. The van der Waals surface area contributed by atoms with Crippen molar-refractivity contribution in [2.75, 3.05) is 19.6 Å². The first kappa shape index (κ1) is 22.8. The Balaban J connectivity index is 1.56. The number of piperidine rings is 1. The summed E-state index contributed by atoms with van der Waals surface area (Å²) in [5.41, 5.74) is 3.67. The summed E-state index contributed by atoms with van der Waals surface area (Å²) in [5, 5.41) is 3.67. The van der Waals surface area contributed by atoms with Crippen LogP contribution >= 0.6 is 11.6 Å². The van der Waals surface area contributed by atoms with Crippen LogP contribution in [0.15, 0.2) is 41.3 Å². The maximum absolute atomic E-state index is 13.2. The van der Waals surface area contributed by atoms with E-state index in [1.54, 1.807) is 0 Å². The molecule has 1 amide bonds. The predicted molar refractivity (Wildman–Crippen MR) is 120 cm³/mol. The molecular weight excluding hydrogens is 420 g/mol. The van der Waals surface area contributed by atoms with Crippen molar-refractivity contribution in [2.24, 2.45) is 5.92 Å². The van der Waals surface area contributed by atoms with E-state index >= 15 is 0 Å². The van der Waals surface area contributed by atoms with E-state index in [1.807, 2.05) is 57.2 Å². The number of rotatable bonds is 6. The third-order valence-electron chi connectivity index (χ3n) is 5.63. The average Bonchev–Trinajstić information content (AvgIpc) is 2.67. The predicted octanol–water partition coefficient (Wildman–Crippen LogP) is 4.02. The van der Waals surface area contributed by atoms with Crippen LogP contribution in [0.1, 0.15) is 35.1 Å². The molecule has 0 saturated carbocycles. The zero-order valence-corrected chi connectivity index (χ0v) is 19.3. The molecule has 0 aliphatic carbocycles. The molecule has 162 valence electrons. The fraction of sp³-hybridized carbons (Fsp3) is 0.435. The van der Waals surface area contributed by atoms with Crippen molar-refractivity contribution >= 4 is 27.5 Å². The summed E-state index contributed by atoms with van der Waals surface area (Å²) < 4.78 is 27.9. The normalized spacial score (nSPS) is 15.9. The molecule has 1 N–H and O–H groups in total. The van der Waals surface area contributed by atoms with Gasteiger partial charge in [0.25, 0.3) is 0 Å². The fourth-order valence-electron chi connectivity index (χ4n) is 4.23. The van der Waals surface area contributed by atoms with Gasteiger partial charge in [-0.3, -0.25) is 4.79 Å². The first-order valence-corrected chi connectivity index (χ1v) is 12.1. The minimum atomic E-state index is -3.56. The van der Waals surface area contributed by atoms with Crippen LogP contribution < -0.4 is 5.32 Å². The van der Waals surface area contributed by atoms with Crippen molar-refractivity contribution in [3.63, 3.8) is 0 Å². The Morgan fingerprint density at radius 2 is 1.73 bits per heavy atom. The van der Waals surface area contributed by atoms with Crippen LogP contribution in [0, 0.1) is 26.7 Å². The van der Waals surface area contributed by atoms with Crippen molar-refractivity contribution in [1.29, 1.82) is 0 Å². The Morgan fingerprint density at radius 1 is 1.10 bits per heavy atom. The molecule has 2 aromatic carbocycles. The van der Waals surface area contributed by atoms with E-state index in [0.29, 0.717) is 48.8 Å². The van der Waals surface area contributed by atoms with E-state index in [1.165, 1.54) is 4.31 Å². The molecule has 1 heterocycles. The van der Waals surface area contributed by atoms with Gasteiger partial charge in [-0.1, -0.05) is 41.4 Å². The molecule has 1 aliphatic heterocycles. The molecule has 0 aromatic heterocycles. The highest BCUT2D eigenvalue weighted by Gasteiger charge is 2.33. The summed E-state index contributed by atoms with van der Waals surface area (Å²) in [6.45, 7) is 6.91. The van der Waals surface area contributed by atoms with Gasteiger partial charge in [-0.25, -0.2) is 8.42 Å². The molecule has 1 aliphatic rings. The minimum absolute atomic E-state index is 0.00299. The number of carbonyl (C=O) groups excluding carboxylic acids is 1. The zero-order valence-electron chi connectivity index (χ0n) is 17.7. The van der Waals surface area contributed by atoms with Crippen LogP contribution in [0.25, 0.3) is 0 Å². The summed E-state index contributed by atoms with van der Waals surface area (Å²) in [4.78, 5) is 12.9. The molecule has 30 heavy (non-hydrogen) atoms. The van der Waals surface area contributed by atoms with Crippen molar-refractivity contribution < 1.29 is 13.2 Å². The fourth-order valence-corrected chi connectivity index (χ4v) is 6.32. The Labute approximate surface area is 184 Å². The van der Waals surface area contributed by atoms with Crippen molar-refractivity contribution in [3.8, 4) is 0 Å². The Bertz CT molecular complexity index is 1010. The van der Waals surface area contributed by atoms with Gasteiger partial charge in [-0.2, -0.15) is 4.31 Å². The van der Waals surface area contributed by atoms with Crippen LogP contribution in [0.4, 0.5) is 0 Å². The minimum Gasteiger partial charge on any atom is -0.356 e. The quantitative estimate of drug-likeness (QED) is 0.725. The number of carbonyl (C=O) groups is 1. The lowest BCUT2D eigenvalue weighted by atomic mass is 9.97. The van der Waals surface area contributed by atoms with Crippen molar-refractivity contribution in [2.45, 2.75) is 44.9 Å². The highest BCUT2D eigenvalue weighted by atomic mass is 35.5. The van der Waals surface area contributed by atoms with E-state index in [9.17, 15) is 13.2 Å². The number of nitrogens with zero attached hydrogens (tertiary/aromatic N) is 1. The maximum atomic E-state index is 13.2. The van der Waals surface area contributed by atoms with Gasteiger partial charge in [0.2, 0.25) is 15.9 Å². The van der Waals surface area contributed by atoms with Gasteiger partial charge in [0.05, 0.1) is 4.90 Å². The van der Waals surface area contributed by atoms with Crippen LogP contribution in [-0.2, 0) is 21.2 Å². The van der Waals surface area contributed by atoms with Gasteiger partial charge in [-0.15, -0.1) is 0 Å². The molecule has 3 rings (SSSR count). The van der Waals surface area contributed by atoms with E-state index in [0.717, 1.165) is 22.3 Å². The van der Waals surface area contributed by atoms with Gasteiger partial charge in [0.1, 0.15) is 0 Å². The summed E-state index contributed by atoms with van der Waals surface area (Å²) >= 11 is 5.99. The lowest BCUT2D eigenvalue weighted by Crippen LogP contribution is -2.43. The van der Waals surface area contributed by atoms with E-state index < -0.39 is 10.0 Å². The monoisotopic (exact) mass is 448 g/mol. The van der Waals surface area contributed by atoms with E-state index in [4.69, 9.17) is 11.6 Å². The molecule has 5 nitrogen and oxygen atoms in total. The zero-order chi connectivity index (χ0) is 21.9. The van der Waals surface area contributed by atoms with Crippen LogP contribution in [0.2, 0.25) is 5.02 Å². The first-order valence-electron chi connectivity index (χ1n) is 10.3. The number of amides is 1. The van der Waals surface area contributed by atoms with Gasteiger partial charge in [-0.05, 0) is 68.9 Å². The highest BCUT2D eigenvalue weighted by Crippen LogP contribution is 2.28. The number of benzene rings is 2. The summed E-state index contributed by atoms with van der Waals surface area (Å²) in [6.07, 6.45) is 1.78. The molecule has 2 aromatic rings. The molecule has 1 saturated heterocycles. The van der Waals surface area contributed by atoms with E-state index in [2.05, 4.69) is 5.32 Å². The first-order chi connectivity index (χ1) is 14.2. The third kappa shape index (κ3) is 5.23. The van der Waals surface area contributed by atoms with E-state index in [-0.39, 0.29) is 11.8 Å². The number of nitrogens with one attached hydrogen (secondary N) is 1. The van der Waals surface area contributed by atoms with Crippen LogP contribution in [-0.4, -0.2) is 38.3 Å². The second-order valence-electron chi connectivity index (χ2n) is 8.08. The molecule has 0 radical (unpaired) electrons. The molecule has 0 atom stereocenters. The standard InChI is InChI=1S/C23H29ClN2O3S/c1-16-13-17(2)22(18(3)14-16)30(28,29)26-11-8-20(9-12-26)23(27)25-10-7-19-5-4-6-21(24)15-19/h4-6,13-15,20H,7-12H2,1-3H3,(H,25,27). The Kier molecular flexibility index (Phi) is 7.22. The second kappa shape index (κ2) is 9.50. The SMILES string of the molecule is Cc1cc(C)c(S(=O)(=O)N2CCC(C(=O)NCCc3cccc(Cl)c3)CC2)c(C)c1. The van der Waals surface area contributed by atoms with Gasteiger partial charge in [0, 0.05) is 30.6 Å². The second-order valence-corrected chi connectivity index (χ2v) is 10.4. The van der Waals surface area contributed by atoms with Gasteiger partial charge < -0.3 is 5.32 Å². The lowest BCUT2D eigenvalue weighted by molar-refractivity contribution is -0.126. The smallest absolute Gasteiger partial charge is 0.243 e. The Morgan fingerprint density at radius 3 is 2.33 bits per heavy atom. The molecule has 0 unspecified atom stereocenters. The summed E-state index contributed by atoms with van der Waals surface area (Å²) in [7, 11) is -3.56. The summed E-state index contributed by atoms with van der Waals surface area (Å²) in [5.74, 6) is -0.159. The maximum Gasteiger partial charge on any atom is 0.243 e. The Hall–Kier alpha value is -1.89. The topological polar surface area (TPSA) is 66.5 Å². The molecule has 1 fully saturated rings. The molecule has 0 spiro atoms. The molecule has 0 bridgehead atoms. The molecule has 7 heteroatoms. The number of hydrogen-bond acceptors (Lipinski definition) is 3. The largest absolute Gasteiger partial charge is 0.356 e. The van der Waals surface area contributed by atoms with Crippen molar-refractivity contribution in [1.82, 2.24) is 9.62 Å². The van der Waals surface area contributed by atoms with Crippen LogP contribution in [0.3, 0.4) is 0 Å². The highest BCUT2D eigenvalue weighted by molar-refractivity contribution is 7.89. The van der Waals surface area contributed by atoms with Gasteiger partial charge >= 0.3 is 0 Å². The average molecular weight is 449 g/mol. The molecular formula is C23H29ClN2O3S. The third-order valence-corrected chi connectivity index (χ3v) is 8.07.